The fraction of sp³-hybridized carbons (Fsp3) is 0.348. The molecule has 3 aromatic heterocycles. The Bertz CT molecular complexity index is 1280. The minimum absolute atomic E-state index is 0.135. The first-order valence-corrected chi connectivity index (χ1v) is 11.4. The summed E-state index contributed by atoms with van der Waals surface area (Å²) in [5.41, 5.74) is 1.11. The first-order valence-electron chi connectivity index (χ1n) is 11.0. The van der Waals surface area contributed by atoms with Crippen molar-refractivity contribution < 1.29 is 9.18 Å². The zero-order chi connectivity index (χ0) is 24.8. The number of halogens is 2. The number of amides is 1. The second kappa shape index (κ2) is 11.1. The molecule has 1 aliphatic rings. The zero-order valence-electron chi connectivity index (χ0n) is 18.7. The molecule has 4 heterocycles. The summed E-state index contributed by atoms with van der Waals surface area (Å²) in [6.07, 6.45) is 7.58. The van der Waals surface area contributed by atoms with Crippen LogP contribution in [-0.2, 0) is 0 Å². The van der Waals surface area contributed by atoms with Crippen LogP contribution in [0.2, 0.25) is 5.02 Å². The average molecular weight is 496 g/mol. The summed E-state index contributed by atoms with van der Waals surface area (Å²) in [6, 6.07) is 4.80. The number of hydrogen-bond acceptors (Lipinski definition) is 8. The van der Waals surface area contributed by atoms with Crippen molar-refractivity contribution in [2.45, 2.75) is 18.4 Å². The molecule has 0 aliphatic carbocycles. The monoisotopic (exact) mass is 495 g/mol. The fourth-order valence-corrected chi connectivity index (χ4v) is 4.13. The lowest BCUT2D eigenvalue weighted by Gasteiger charge is -2.35. The molecule has 3 aromatic rings. The van der Waals surface area contributed by atoms with Crippen molar-refractivity contribution in [1.82, 2.24) is 29.7 Å². The van der Waals surface area contributed by atoms with Crippen LogP contribution in [0.4, 0.5) is 4.39 Å². The van der Waals surface area contributed by atoms with E-state index in [4.69, 9.17) is 17.0 Å². The molecule has 35 heavy (non-hydrogen) atoms. The fourth-order valence-electron chi connectivity index (χ4n) is 3.99. The van der Waals surface area contributed by atoms with Crippen LogP contribution in [-0.4, -0.2) is 86.8 Å². The van der Waals surface area contributed by atoms with E-state index in [2.05, 4.69) is 35.9 Å². The zero-order valence-corrected chi connectivity index (χ0v) is 19.5. The summed E-state index contributed by atoms with van der Waals surface area (Å²) >= 11 is 5.72. The van der Waals surface area contributed by atoms with E-state index in [-0.39, 0.29) is 23.2 Å². The average Bonchev–Trinajstić information content (AvgIpc) is 3.34. The maximum absolute atomic E-state index is 14.1. The summed E-state index contributed by atoms with van der Waals surface area (Å²) in [6.45, 7) is 2.44. The Balaban J connectivity index is 1.38. The number of aromatic nitrogens is 4. The molecule has 0 bridgehead atoms. The number of rotatable bonds is 8. The van der Waals surface area contributed by atoms with Gasteiger partial charge in [-0.1, -0.05) is 11.6 Å². The largest absolute Gasteiger partial charge is 0.346 e. The van der Waals surface area contributed by atoms with Crippen molar-refractivity contribution in [1.29, 1.82) is 10.7 Å². The maximum atomic E-state index is 14.1. The molecule has 1 amide bonds. The molecule has 1 aliphatic heterocycles. The van der Waals surface area contributed by atoms with Crippen LogP contribution in [0, 0.1) is 22.6 Å². The van der Waals surface area contributed by atoms with Gasteiger partial charge in [-0.15, -0.1) is 0 Å². The van der Waals surface area contributed by atoms with Gasteiger partial charge in [0.05, 0.1) is 35.2 Å². The lowest BCUT2D eigenvalue weighted by atomic mass is 10.1. The number of pyridine rings is 1. The van der Waals surface area contributed by atoms with Gasteiger partial charge in [0.25, 0.3) is 5.91 Å². The van der Waals surface area contributed by atoms with Crippen molar-refractivity contribution >= 4 is 41.0 Å². The number of carbonyl (C=O) groups is 1. The van der Waals surface area contributed by atoms with Crippen LogP contribution in [0.25, 0.3) is 11.0 Å². The predicted octanol–water partition coefficient (Wildman–Crippen LogP) is 2.69. The molecule has 10 nitrogen and oxygen atoms in total. The van der Waals surface area contributed by atoms with Gasteiger partial charge in [-0.2, -0.15) is 5.26 Å². The number of hydrogen-bond donors (Lipinski definition) is 2. The highest BCUT2D eigenvalue weighted by molar-refractivity contribution is 6.30. The second-order valence-corrected chi connectivity index (χ2v) is 8.52. The minimum Gasteiger partial charge on any atom is -0.346 e. The summed E-state index contributed by atoms with van der Waals surface area (Å²) in [4.78, 5) is 36.3. The van der Waals surface area contributed by atoms with Crippen molar-refractivity contribution in [2.75, 3.05) is 32.7 Å². The Morgan fingerprint density at radius 1 is 1.34 bits per heavy atom. The van der Waals surface area contributed by atoms with Crippen LogP contribution in [0.5, 0.6) is 0 Å². The van der Waals surface area contributed by atoms with E-state index in [1.54, 1.807) is 17.3 Å². The van der Waals surface area contributed by atoms with Crippen molar-refractivity contribution in [3.8, 4) is 6.07 Å². The van der Waals surface area contributed by atoms with Crippen LogP contribution < -0.4 is 0 Å². The third kappa shape index (κ3) is 5.67. The van der Waals surface area contributed by atoms with Crippen molar-refractivity contribution in [3.63, 3.8) is 0 Å². The molecule has 1 saturated heterocycles. The molecular weight excluding hydrogens is 473 g/mol. The van der Waals surface area contributed by atoms with E-state index in [9.17, 15) is 14.4 Å². The van der Waals surface area contributed by atoms with Gasteiger partial charge in [-0.3, -0.25) is 14.7 Å². The Morgan fingerprint density at radius 2 is 2.14 bits per heavy atom. The minimum atomic E-state index is -0.741. The SMILES string of the molecule is N#CCC(CN1CCN(C(=O)c2ncc(Cl)cc2F)CC1)N=CC(C=N)c1ncnc2[nH]ccc12. The topological polar surface area (TPSA) is 138 Å². The van der Waals surface area contributed by atoms with E-state index in [0.29, 0.717) is 44.1 Å². The molecule has 0 spiro atoms. The molecule has 2 unspecified atom stereocenters. The molecule has 2 N–H and O–H groups in total. The van der Waals surface area contributed by atoms with Gasteiger partial charge in [-0.25, -0.2) is 19.3 Å². The maximum Gasteiger partial charge on any atom is 0.275 e. The standard InChI is InChI=1S/C23H23ClFN9O/c24-16-9-19(25)21(30-12-16)23(35)34-7-5-33(6-8-34)13-17(1-3-26)29-11-15(10-27)20-18-2-4-28-22(18)32-14-31-20/h2,4,9-12,14-15,17,27H,1,5-8,13H2,(H,28,31,32). The number of carbonyl (C=O) groups excluding carboxylic acids is 1. The first-order chi connectivity index (χ1) is 17.0. The molecule has 4 rings (SSSR count). The smallest absolute Gasteiger partial charge is 0.275 e. The summed E-state index contributed by atoms with van der Waals surface area (Å²) in [7, 11) is 0. The van der Waals surface area contributed by atoms with Crippen LogP contribution in [0.15, 0.2) is 35.8 Å². The lowest BCUT2D eigenvalue weighted by Crippen LogP contribution is -2.50. The number of aromatic amines is 1. The highest BCUT2D eigenvalue weighted by Gasteiger charge is 2.26. The second-order valence-electron chi connectivity index (χ2n) is 8.08. The van der Waals surface area contributed by atoms with Gasteiger partial charge in [0.15, 0.2) is 11.5 Å². The van der Waals surface area contributed by atoms with Gasteiger partial charge in [0, 0.05) is 62.9 Å². The van der Waals surface area contributed by atoms with Gasteiger partial charge in [0.2, 0.25) is 0 Å². The molecule has 0 radical (unpaired) electrons. The van der Waals surface area contributed by atoms with Crippen molar-refractivity contribution in [3.05, 3.63) is 53.1 Å². The van der Waals surface area contributed by atoms with E-state index < -0.39 is 17.6 Å². The van der Waals surface area contributed by atoms with Crippen LogP contribution >= 0.6 is 11.6 Å². The normalized spacial score (nSPS) is 16.3. The van der Waals surface area contributed by atoms with E-state index in [1.165, 1.54) is 18.7 Å². The number of piperazine rings is 1. The number of nitrogens with zero attached hydrogens (tertiary/aromatic N) is 7. The molecular formula is C23H23ClFN9O. The van der Waals surface area contributed by atoms with E-state index in [0.717, 1.165) is 11.5 Å². The number of nitrogens with one attached hydrogen (secondary N) is 2. The molecule has 1 fully saturated rings. The van der Waals surface area contributed by atoms with Crippen LogP contribution in [0.3, 0.4) is 0 Å². The Morgan fingerprint density at radius 3 is 2.86 bits per heavy atom. The third-order valence-electron chi connectivity index (χ3n) is 5.80. The number of fused-ring (bicyclic) bond motifs is 1. The van der Waals surface area contributed by atoms with Gasteiger partial charge < -0.3 is 15.3 Å². The highest BCUT2D eigenvalue weighted by Crippen LogP contribution is 2.20. The number of aliphatic imine (C=N–C) groups is 1. The third-order valence-corrected chi connectivity index (χ3v) is 6.01. The molecule has 2 atom stereocenters. The number of nitriles is 1. The predicted molar refractivity (Wildman–Crippen MR) is 129 cm³/mol. The van der Waals surface area contributed by atoms with E-state index in [1.807, 2.05) is 6.07 Å². The summed E-state index contributed by atoms with van der Waals surface area (Å²) < 4.78 is 14.1. The lowest BCUT2D eigenvalue weighted by molar-refractivity contribution is 0.0620. The van der Waals surface area contributed by atoms with Gasteiger partial charge in [0.1, 0.15) is 12.0 Å². The highest BCUT2D eigenvalue weighted by atomic mass is 35.5. The Hall–Kier alpha value is -3.75. The summed E-state index contributed by atoms with van der Waals surface area (Å²) in [5, 5.41) is 18.1. The molecule has 180 valence electrons. The molecule has 0 saturated carbocycles. The Labute approximate surface area is 206 Å². The van der Waals surface area contributed by atoms with Crippen molar-refractivity contribution in [2.24, 2.45) is 4.99 Å². The van der Waals surface area contributed by atoms with E-state index >= 15 is 0 Å². The first kappa shape index (κ1) is 24.4. The van der Waals surface area contributed by atoms with Gasteiger partial charge >= 0.3 is 0 Å². The number of H-pyrrole nitrogens is 1. The quantitative estimate of drug-likeness (QED) is 0.461. The van der Waals surface area contributed by atoms with Gasteiger partial charge in [-0.05, 0) is 12.1 Å². The Kier molecular flexibility index (Phi) is 7.74. The summed E-state index contributed by atoms with van der Waals surface area (Å²) in [5.74, 6) is -1.66. The molecule has 0 aromatic carbocycles. The molecule has 12 heteroatoms. The van der Waals surface area contributed by atoms with Crippen LogP contribution in [0.1, 0.15) is 28.5 Å².